The van der Waals surface area contributed by atoms with Crippen molar-refractivity contribution in [3.63, 3.8) is 0 Å². The third-order valence-electron chi connectivity index (χ3n) is 2.60. The minimum absolute atomic E-state index is 0.215. The molecule has 19 heavy (non-hydrogen) atoms. The highest BCUT2D eigenvalue weighted by Crippen LogP contribution is 2.01. The number of nitrogens with zero attached hydrogens (tertiary/aromatic N) is 3. The van der Waals surface area contributed by atoms with Crippen molar-refractivity contribution in [3.05, 3.63) is 60.2 Å². The van der Waals surface area contributed by atoms with Crippen molar-refractivity contribution in [1.29, 1.82) is 0 Å². The van der Waals surface area contributed by atoms with Crippen LogP contribution in [-0.2, 0) is 6.54 Å². The van der Waals surface area contributed by atoms with Crippen molar-refractivity contribution in [3.8, 4) is 0 Å². The minimum Gasteiger partial charge on any atom is -0.338 e. The molecule has 0 aliphatic rings. The summed E-state index contributed by atoms with van der Waals surface area (Å²) in [5.74, 6) is -0.215. The molecule has 0 aliphatic carbocycles. The quantitative estimate of drug-likeness (QED) is 0.819. The van der Waals surface area contributed by atoms with Crippen LogP contribution < -0.4 is 5.32 Å². The third-order valence-corrected chi connectivity index (χ3v) is 2.60. The monoisotopic (exact) mass is 256 g/mol. The van der Waals surface area contributed by atoms with Crippen LogP contribution in [0.15, 0.2) is 48.9 Å². The number of amides is 1. The molecule has 5 heteroatoms. The predicted octanol–water partition coefficient (Wildman–Crippen LogP) is 1.30. The third kappa shape index (κ3) is 4.15. The van der Waals surface area contributed by atoms with E-state index >= 15 is 0 Å². The van der Waals surface area contributed by atoms with Gasteiger partial charge in [-0.3, -0.25) is 14.7 Å². The Hall–Kier alpha value is -2.27. The Bertz CT molecular complexity index is 515. The number of rotatable bonds is 5. The molecule has 2 aromatic rings. The van der Waals surface area contributed by atoms with Crippen LogP contribution in [0.3, 0.4) is 0 Å². The second-order valence-electron chi connectivity index (χ2n) is 4.25. The Morgan fingerprint density at radius 2 is 2.05 bits per heavy atom. The van der Waals surface area contributed by atoms with Crippen LogP contribution in [0.4, 0.5) is 0 Å². The zero-order chi connectivity index (χ0) is 13.5. The Morgan fingerprint density at radius 1 is 1.26 bits per heavy atom. The van der Waals surface area contributed by atoms with Crippen LogP contribution in [0.25, 0.3) is 0 Å². The van der Waals surface area contributed by atoms with Crippen LogP contribution in [0.5, 0.6) is 0 Å². The molecule has 0 radical (unpaired) electrons. The number of nitrogens with one attached hydrogen (secondary N) is 1. The Kier molecular flexibility index (Phi) is 4.58. The molecule has 1 heterocycles. The first kappa shape index (κ1) is 13.2. The normalized spacial score (nSPS) is 10.4. The lowest BCUT2D eigenvalue weighted by Crippen LogP contribution is -2.35. The van der Waals surface area contributed by atoms with Gasteiger partial charge in [0.05, 0.1) is 12.9 Å². The van der Waals surface area contributed by atoms with Gasteiger partial charge < -0.3 is 5.32 Å². The highest BCUT2D eigenvalue weighted by Gasteiger charge is 2.07. The van der Waals surface area contributed by atoms with Crippen molar-refractivity contribution in [2.75, 3.05) is 13.7 Å². The highest BCUT2D eigenvalue weighted by atomic mass is 16.2. The zero-order valence-corrected chi connectivity index (χ0v) is 10.8. The first-order valence-corrected chi connectivity index (χ1v) is 6.02. The van der Waals surface area contributed by atoms with Gasteiger partial charge in [0.1, 0.15) is 5.69 Å². The maximum atomic E-state index is 11.8. The molecule has 1 aromatic carbocycles. The van der Waals surface area contributed by atoms with E-state index in [-0.39, 0.29) is 5.91 Å². The summed E-state index contributed by atoms with van der Waals surface area (Å²) in [5, 5.41) is 2.80. The van der Waals surface area contributed by atoms with E-state index in [0.717, 1.165) is 6.54 Å². The Morgan fingerprint density at radius 3 is 2.74 bits per heavy atom. The van der Waals surface area contributed by atoms with E-state index in [0.29, 0.717) is 12.4 Å². The number of hydrogen-bond donors (Lipinski definition) is 1. The highest BCUT2D eigenvalue weighted by molar-refractivity contribution is 5.91. The molecule has 1 aromatic heterocycles. The summed E-state index contributed by atoms with van der Waals surface area (Å²) in [6, 6.07) is 10.1. The average Bonchev–Trinajstić information content (AvgIpc) is 2.47. The minimum atomic E-state index is -0.215. The largest absolute Gasteiger partial charge is 0.338 e. The summed E-state index contributed by atoms with van der Waals surface area (Å²) >= 11 is 0. The van der Waals surface area contributed by atoms with Crippen LogP contribution >= 0.6 is 0 Å². The SMILES string of the molecule is CN(CNC(=O)c1cnccn1)Cc1ccccc1. The van der Waals surface area contributed by atoms with Gasteiger partial charge in [0, 0.05) is 18.9 Å². The van der Waals surface area contributed by atoms with Crippen molar-refractivity contribution in [2.45, 2.75) is 6.54 Å². The molecule has 0 bridgehead atoms. The first-order chi connectivity index (χ1) is 9.25. The first-order valence-electron chi connectivity index (χ1n) is 6.02. The number of carbonyl (C=O) groups excluding carboxylic acids is 1. The van der Waals surface area contributed by atoms with Gasteiger partial charge in [-0.1, -0.05) is 30.3 Å². The van der Waals surface area contributed by atoms with Gasteiger partial charge >= 0.3 is 0 Å². The lowest BCUT2D eigenvalue weighted by Gasteiger charge is -2.17. The fourth-order valence-corrected chi connectivity index (χ4v) is 1.66. The Labute approximate surface area is 112 Å². The molecule has 0 aliphatic heterocycles. The van der Waals surface area contributed by atoms with Gasteiger partial charge in [-0.25, -0.2) is 4.98 Å². The van der Waals surface area contributed by atoms with Gasteiger partial charge in [0.25, 0.3) is 5.91 Å². The predicted molar refractivity (Wildman–Crippen MR) is 72.3 cm³/mol. The molecule has 0 atom stereocenters. The lowest BCUT2D eigenvalue weighted by molar-refractivity contribution is 0.0922. The number of carbonyl (C=O) groups is 1. The molecule has 98 valence electrons. The van der Waals surface area contributed by atoms with E-state index < -0.39 is 0 Å². The summed E-state index contributed by atoms with van der Waals surface area (Å²) < 4.78 is 0. The molecule has 1 amide bonds. The fourth-order valence-electron chi connectivity index (χ4n) is 1.66. The molecule has 0 saturated heterocycles. The van der Waals surface area contributed by atoms with E-state index in [9.17, 15) is 4.79 Å². The lowest BCUT2D eigenvalue weighted by atomic mass is 10.2. The smallest absolute Gasteiger partial charge is 0.272 e. The molecule has 0 fully saturated rings. The fraction of sp³-hybridized carbons (Fsp3) is 0.214. The van der Waals surface area contributed by atoms with Crippen molar-refractivity contribution in [2.24, 2.45) is 0 Å². The van der Waals surface area contributed by atoms with E-state index in [4.69, 9.17) is 0 Å². The maximum absolute atomic E-state index is 11.8. The summed E-state index contributed by atoms with van der Waals surface area (Å²) in [5.41, 5.74) is 1.54. The summed E-state index contributed by atoms with van der Waals surface area (Å²) in [6.07, 6.45) is 4.49. The molecule has 5 nitrogen and oxygen atoms in total. The van der Waals surface area contributed by atoms with Crippen molar-refractivity contribution < 1.29 is 4.79 Å². The molecular formula is C14H16N4O. The summed E-state index contributed by atoms with van der Waals surface area (Å²) in [4.78, 5) is 21.6. The second-order valence-corrected chi connectivity index (χ2v) is 4.25. The van der Waals surface area contributed by atoms with Gasteiger partial charge in [0.2, 0.25) is 0 Å². The molecule has 0 saturated carbocycles. The average molecular weight is 256 g/mol. The standard InChI is InChI=1S/C14H16N4O/c1-18(10-12-5-3-2-4-6-12)11-17-14(19)13-9-15-7-8-16-13/h2-9H,10-11H2,1H3,(H,17,19). The molecular weight excluding hydrogens is 240 g/mol. The van der Waals surface area contributed by atoms with Crippen molar-refractivity contribution >= 4 is 5.91 Å². The molecule has 0 spiro atoms. The van der Waals surface area contributed by atoms with E-state index in [1.165, 1.54) is 24.2 Å². The van der Waals surface area contributed by atoms with Gasteiger partial charge in [-0.15, -0.1) is 0 Å². The molecule has 0 unspecified atom stereocenters. The van der Waals surface area contributed by atoms with E-state index in [2.05, 4.69) is 27.4 Å². The van der Waals surface area contributed by atoms with Crippen LogP contribution in [0.1, 0.15) is 16.1 Å². The van der Waals surface area contributed by atoms with Crippen LogP contribution in [0, 0.1) is 0 Å². The number of hydrogen-bond acceptors (Lipinski definition) is 4. The van der Waals surface area contributed by atoms with Crippen LogP contribution in [0.2, 0.25) is 0 Å². The summed E-state index contributed by atoms with van der Waals surface area (Å²) in [6.45, 7) is 1.24. The molecule has 1 N–H and O–H groups in total. The van der Waals surface area contributed by atoms with E-state index in [1.54, 1.807) is 0 Å². The van der Waals surface area contributed by atoms with E-state index in [1.807, 2.05) is 30.1 Å². The van der Waals surface area contributed by atoms with Gasteiger partial charge in [-0.2, -0.15) is 0 Å². The summed E-state index contributed by atoms with van der Waals surface area (Å²) in [7, 11) is 1.95. The van der Waals surface area contributed by atoms with Gasteiger partial charge in [0.15, 0.2) is 0 Å². The van der Waals surface area contributed by atoms with Gasteiger partial charge in [-0.05, 0) is 12.6 Å². The van der Waals surface area contributed by atoms with Crippen molar-refractivity contribution in [1.82, 2.24) is 20.2 Å². The Balaban J connectivity index is 1.81. The zero-order valence-electron chi connectivity index (χ0n) is 10.8. The number of benzene rings is 1. The van der Waals surface area contributed by atoms with Crippen LogP contribution in [-0.4, -0.2) is 34.5 Å². The molecule has 2 rings (SSSR count). The topological polar surface area (TPSA) is 58.1 Å². The number of aromatic nitrogens is 2. The maximum Gasteiger partial charge on any atom is 0.272 e. The second kappa shape index (κ2) is 6.61.